The molecule has 10 heteroatoms. The molecule has 2 aromatic carbocycles. The molecule has 0 spiro atoms. The van der Waals surface area contributed by atoms with Gasteiger partial charge in [0.15, 0.2) is 0 Å². The Morgan fingerprint density at radius 1 is 1.18 bits per heavy atom. The molecule has 2 aliphatic rings. The first-order valence-electron chi connectivity index (χ1n) is 14.1. The summed E-state index contributed by atoms with van der Waals surface area (Å²) in [5.41, 5.74) is 1.74. The zero-order valence-corrected chi connectivity index (χ0v) is 25.8. The average molecular weight is 687 g/mol. The Hall–Kier alpha value is -1.82. The minimum Gasteiger partial charge on any atom is -0.350 e. The van der Waals surface area contributed by atoms with Gasteiger partial charge in [0.05, 0.1) is 11.1 Å². The van der Waals surface area contributed by atoms with Crippen LogP contribution in [0.3, 0.4) is 0 Å². The number of carbonyl (C=O) groups excluding carboxylic acids is 2. The summed E-state index contributed by atoms with van der Waals surface area (Å²) in [5.74, 6) is -2.52. The van der Waals surface area contributed by atoms with Crippen LogP contribution in [0.1, 0.15) is 60.9 Å². The van der Waals surface area contributed by atoms with Gasteiger partial charge in [0, 0.05) is 73.2 Å². The van der Waals surface area contributed by atoms with Gasteiger partial charge in [-0.3, -0.25) is 9.59 Å². The molecule has 0 unspecified atom stereocenters. The number of benzene rings is 2. The van der Waals surface area contributed by atoms with Crippen LogP contribution in [0.5, 0.6) is 0 Å². The van der Waals surface area contributed by atoms with Crippen LogP contribution in [0.15, 0.2) is 48.5 Å². The first-order valence-corrected chi connectivity index (χ1v) is 15.5. The lowest BCUT2D eigenvalue weighted by atomic mass is 9.95. The Morgan fingerprint density at radius 3 is 2.58 bits per heavy atom. The highest BCUT2D eigenvalue weighted by molar-refractivity contribution is 14.1. The van der Waals surface area contributed by atoms with Crippen molar-refractivity contribution in [3.05, 3.63) is 68.3 Å². The second-order valence-electron chi connectivity index (χ2n) is 10.8. The lowest BCUT2D eigenvalue weighted by Crippen LogP contribution is -2.51. The lowest BCUT2D eigenvalue weighted by molar-refractivity contribution is -0.133. The molecule has 2 heterocycles. The second kappa shape index (κ2) is 14.4. The lowest BCUT2D eigenvalue weighted by Gasteiger charge is -2.33. The largest absolute Gasteiger partial charge is 0.350 e. The highest BCUT2D eigenvalue weighted by Crippen LogP contribution is 2.28. The Labute approximate surface area is 254 Å². The van der Waals surface area contributed by atoms with Gasteiger partial charge in [0.25, 0.3) is 11.8 Å². The van der Waals surface area contributed by atoms with E-state index >= 15 is 0 Å². The maximum atomic E-state index is 13.8. The number of rotatable bonds is 10. The Balaban J connectivity index is 1.43. The quantitative estimate of drug-likeness (QED) is 0.322. The first kappa shape index (κ1) is 31.1. The number of carbonyl (C=O) groups is 2. The number of piperidine rings is 1. The Kier molecular flexibility index (Phi) is 11.2. The van der Waals surface area contributed by atoms with Gasteiger partial charge in [-0.05, 0) is 65.6 Å². The molecule has 0 bridgehead atoms. The molecule has 2 amide bonds. The van der Waals surface area contributed by atoms with E-state index in [1.807, 2.05) is 28.0 Å². The van der Waals surface area contributed by atoms with Crippen molar-refractivity contribution in [2.75, 3.05) is 39.3 Å². The summed E-state index contributed by atoms with van der Waals surface area (Å²) in [4.78, 5) is 30.6. The van der Waals surface area contributed by atoms with Crippen LogP contribution in [0.2, 0.25) is 5.02 Å². The summed E-state index contributed by atoms with van der Waals surface area (Å²) in [6, 6.07) is 14.9. The normalized spacial score (nSPS) is 22.5. The van der Waals surface area contributed by atoms with Gasteiger partial charge in [0.1, 0.15) is 0 Å². The number of amides is 2. The molecule has 0 aromatic heterocycles. The van der Waals surface area contributed by atoms with Gasteiger partial charge in [-0.15, -0.1) is 0 Å². The van der Waals surface area contributed by atoms with Gasteiger partial charge in [0.2, 0.25) is 5.91 Å². The molecule has 2 fully saturated rings. The fourth-order valence-corrected chi connectivity index (χ4v) is 6.10. The van der Waals surface area contributed by atoms with Crippen molar-refractivity contribution in [1.82, 2.24) is 20.4 Å². The highest BCUT2D eigenvalue weighted by atomic mass is 127. The van der Waals surface area contributed by atoms with E-state index in [4.69, 9.17) is 11.6 Å². The fraction of sp³-hybridized carbons (Fsp3) is 0.533. The van der Waals surface area contributed by atoms with E-state index in [1.165, 1.54) is 5.56 Å². The molecule has 218 valence electrons. The molecule has 4 rings (SSSR count). The Bertz CT molecular complexity index is 1150. The number of likely N-dealkylation sites (tertiary alicyclic amines) is 1. The third-order valence-corrected chi connectivity index (χ3v) is 9.55. The monoisotopic (exact) mass is 686 g/mol. The molecule has 0 radical (unpaired) electrons. The summed E-state index contributed by atoms with van der Waals surface area (Å²) in [6.45, 7) is 4.97. The van der Waals surface area contributed by atoms with Crippen LogP contribution < -0.4 is 10.6 Å². The topological polar surface area (TPSA) is 64.7 Å². The predicted molar refractivity (Wildman–Crippen MR) is 163 cm³/mol. The van der Waals surface area contributed by atoms with Gasteiger partial charge in [-0.2, -0.15) is 0 Å². The van der Waals surface area contributed by atoms with E-state index < -0.39 is 12.0 Å². The summed E-state index contributed by atoms with van der Waals surface area (Å²) in [7, 11) is 0. The van der Waals surface area contributed by atoms with Crippen molar-refractivity contribution in [1.29, 1.82) is 0 Å². The van der Waals surface area contributed by atoms with Crippen LogP contribution in [-0.4, -0.2) is 78.9 Å². The summed E-state index contributed by atoms with van der Waals surface area (Å²) in [5, 5.41) is 7.12. The van der Waals surface area contributed by atoms with Crippen molar-refractivity contribution < 1.29 is 18.4 Å². The molecule has 2 N–H and O–H groups in total. The van der Waals surface area contributed by atoms with Crippen LogP contribution in [-0.2, 0) is 4.79 Å². The molecular formula is C30H38ClF2IN4O2. The number of alkyl halides is 2. The van der Waals surface area contributed by atoms with Gasteiger partial charge < -0.3 is 20.4 Å². The number of nitrogens with zero attached hydrogens (tertiary/aromatic N) is 2. The van der Waals surface area contributed by atoms with Crippen molar-refractivity contribution in [2.24, 2.45) is 0 Å². The van der Waals surface area contributed by atoms with E-state index in [9.17, 15) is 18.4 Å². The van der Waals surface area contributed by atoms with Crippen LogP contribution >= 0.6 is 34.2 Å². The van der Waals surface area contributed by atoms with Crippen LogP contribution in [0.25, 0.3) is 0 Å². The van der Waals surface area contributed by atoms with E-state index in [1.54, 1.807) is 18.2 Å². The van der Waals surface area contributed by atoms with Crippen molar-refractivity contribution in [3.63, 3.8) is 0 Å². The van der Waals surface area contributed by atoms with Crippen molar-refractivity contribution >= 4 is 46.0 Å². The third kappa shape index (κ3) is 8.59. The molecule has 2 saturated heterocycles. The Morgan fingerprint density at radius 2 is 1.90 bits per heavy atom. The second-order valence-corrected chi connectivity index (χ2v) is 12.4. The van der Waals surface area contributed by atoms with Crippen LogP contribution in [0.4, 0.5) is 8.78 Å². The number of halogens is 4. The number of nitrogens with one attached hydrogen (secondary N) is 2. The van der Waals surface area contributed by atoms with Crippen molar-refractivity contribution in [3.8, 4) is 0 Å². The van der Waals surface area contributed by atoms with E-state index in [2.05, 4.69) is 52.3 Å². The zero-order valence-electron chi connectivity index (χ0n) is 22.9. The minimum atomic E-state index is -2.60. The number of hydrogen-bond acceptors (Lipinski definition) is 4. The summed E-state index contributed by atoms with van der Waals surface area (Å²) >= 11 is 8.20. The average Bonchev–Trinajstić information content (AvgIpc) is 3.09. The minimum absolute atomic E-state index is 0.0396. The molecule has 2 aromatic rings. The molecule has 0 aliphatic carbocycles. The molecule has 40 heavy (non-hydrogen) atoms. The highest BCUT2D eigenvalue weighted by Gasteiger charge is 2.36. The third-order valence-electron chi connectivity index (χ3n) is 8.01. The van der Waals surface area contributed by atoms with E-state index in [-0.39, 0.29) is 36.6 Å². The standard InChI is InChI=1S/C30H38ClF2IN4O2/c1-2-21(22-6-4-3-5-7-22)20-38-15-10-24(19-35-28(39)23-8-9-25(31)26(34)18-23)36-27(29(38)40)11-14-37-16-12-30(32,33)13-17-37/h3-9,18,21,24,27,36H,2,10-17,19-20H2,1H3,(H,35,39)/t21-,24+,27+/m1/s1. The van der Waals surface area contributed by atoms with Gasteiger partial charge in [-0.1, -0.05) is 48.9 Å². The number of hydrogen-bond donors (Lipinski definition) is 2. The van der Waals surface area contributed by atoms with E-state index in [0.29, 0.717) is 62.7 Å². The van der Waals surface area contributed by atoms with Gasteiger partial charge >= 0.3 is 0 Å². The smallest absolute Gasteiger partial charge is 0.251 e. The summed E-state index contributed by atoms with van der Waals surface area (Å²) < 4.78 is 28.1. The summed E-state index contributed by atoms with van der Waals surface area (Å²) in [6.07, 6.45) is 1.86. The predicted octanol–water partition coefficient (Wildman–Crippen LogP) is 5.55. The maximum absolute atomic E-state index is 13.8. The van der Waals surface area contributed by atoms with Gasteiger partial charge in [-0.25, -0.2) is 8.78 Å². The molecular weight excluding hydrogens is 649 g/mol. The van der Waals surface area contributed by atoms with Crippen LogP contribution in [0, 0.1) is 3.57 Å². The molecule has 6 nitrogen and oxygen atoms in total. The fourth-order valence-electron chi connectivity index (χ4n) is 5.46. The molecule has 2 aliphatic heterocycles. The maximum Gasteiger partial charge on any atom is 0.251 e. The zero-order chi connectivity index (χ0) is 28.7. The molecule has 3 atom stereocenters. The SMILES string of the molecule is CC[C@H](CN1CC[C@@H](CNC(=O)c2ccc(Cl)c(I)c2)N[C@@H](CCN2CCC(F)(F)CC2)C1=O)c1ccccc1. The first-order chi connectivity index (χ1) is 19.1. The van der Waals surface area contributed by atoms with Crippen molar-refractivity contribution in [2.45, 2.75) is 63.0 Å². The van der Waals surface area contributed by atoms with E-state index in [0.717, 1.165) is 9.99 Å². The molecule has 0 saturated carbocycles.